The van der Waals surface area contributed by atoms with Crippen LogP contribution in [0.2, 0.25) is 0 Å². The van der Waals surface area contributed by atoms with Crippen LogP contribution in [0.15, 0.2) is 24.3 Å². The molecule has 0 fully saturated rings. The molecule has 0 unspecified atom stereocenters. The molecule has 2 aromatic rings. The Hall–Kier alpha value is -2.15. The number of anilines is 2. The number of hydrogen-bond acceptors (Lipinski definition) is 6. The first-order valence-electron chi connectivity index (χ1n) is 5.39. The fourth-order valence-corrected chi connectivity index (χ4v) is 2.28. The Labute approximate surface area is 107 Å². The van der Waals surface area contributed by atoms with Gasteiger partial charge in [0.25, 0.3) is 5.91 Å². The molecular formula is C11H10N4O2S. The molecule has 1 aromatic heterocycles. The van der Waals surface area contributed by atoms with Crippen molar-refractivity contribution < 1.29 is 9.53 Å². The number of nitrogens with zero attached hydrogens (tertiary/aromatic N) is 3. The molecule has 1 aliphatic heterocycles. The quantitative estimate of drug-likeness (QED) is 0.834. The summed E-state index contributed by atoms with van der Waals surface area (Å²) in [6, 6.07) is 7.39. The predicted molar refractivity (Wildman–Crippen MR) is 67.9 cm³/mol. The highest BCUT2D eigenvalue weighted by atomic mass is 32.1. The van der Waals surface area contributed by atoms with E-state index in [9.17, 15) is 4.79 Å². The third kappa shape index (κ3) is 1.68. The molecule has 92 valence electrons. The number of ether oxygens (including phenoxy) is 1. The number of rotatable bonds is 1. The number of amides is 1. The lowest BCUT2D eigenvalue weighted by atomic mass is 10.2. The zero-order valence-electron chi connectivity index (χ0n) is 9.37. The van der Waals surface area contributed by atoms with E-state index in [4.69, 9.17) is 10.5 Å². The zero-order chi connectivity index (χ0) is 12.5. The lowest BCUT2D eigenvalue weighted by Crippen LogP contribution is -2.38. The Morgan fingerprint density at radius 1 is 1.44 bits per heavy atom. The number of hydrogen-bond donors (Lipinski definition) is 1. The Morgan fingerprint density at radius 3 is 3.06 bits per heavy atom. The van der Waals surface area contributed by atoms with Gasteiger partial charge in [-0.2, -0.15) is 0 Å². The summed E-state index contributed by atoms with van der Waals surface area (Å²) in [5.74, 6) is 0.455. The number of nitrogen functional groups attached to an aromatic ring is 1. The third-order valence-corrected chi connectivity index (χ3v) is 3.24. The molecule has 0 spiro atoms. The van der Waals surface area contributed by atoms with Crippen molar-refractivity contribution in [2.24, 2.45) is 0 Å². The fourth-order valence-electron chi connectivity index (χ4n) is 1.85. The first-order valence-corrected chi connectivity index (χ1v) is 6.16. The van der Waals surface area contributed by atoms with Crippen molar-refractivity contribution in [2.75, 3.05) is 23.8 Å². The molecule has 0 radical (unpaired) electrons. The Kier molecular flexibility index (Phi) is 2.60. The molecule has 7 heteroatoms. The van der Waals surface area contributed by atoms with Crippen LogP contribution < -0.4 is 15.4 Å². The minimum atomic E-state index is -0.239. The normalized spacial score (nSPS) is 13.9. The standard InChI is InChI=1S/C11H10N4O2S/c12-10-9(13-14-18-10)11(16)15-5-6-17-8-4-2-1-3-7(8)15/h1-4H,5-6,12H2. The zero-order valence-corrected chi connectivity index (χ0v) is 10.2. The largest absolute Gasteiger partial charge is 0.490 e. The summed E-state index contributed by atoms with van der Waals surface area (Å²) in [5, 5.41) is 4.11. The number of carbonyl (C=O) groups excluding carboxylic acids is 1. The number of carbonyl (C=O) groups is 1. The van der Waals surface area contributed by atoms with Gasteiger partial charge in [0.05, 0.1) is 12.2 Å². The molecular weight excluding hydrogens is 252 g/mol. The van der Waals surface area contributed by atoms with Crippen LogP contribution >= 0.6 is 11.5 Å². The van der Waals surface area contributed by atoms with Gasteiger partial charge in [0.1, 0.15) is 17.4 Å². The van der Waals surface area contributed by atoms with Gasteiger partial charge in [-0.15, -0.1) is 5.10 Å². The molecule has 1 amide bonds. The van der Waals surface area contributed by atoms with E-state index in [0.717, 1.165) is 17.2 Å². The molecule has 0 aliphatic carbocycles. The highest BCUT2D eigenvalue weighted by molar-refractivity contribution is 7.10. The summed E-state index contributed by atoms with van der Waals surface area (Å²) >= 11 is 1.02. The molecule has 1 aliphatic rings. The van der Waals surface area contributed by atoms with Crippen LogP contribution in [0.5, 0.6) is 5.75 Å². The molecule has 18 heavy (non-hydrogen) atoms. The molecule has 0 bridgehead atoms. The van der Waals surface area contributed by atoms with E-state index in [0.29, 0.717) is 23.9 Å². The van der Waals surface area contributed by atoms with Crippen LogP contribution in [0.4, 0.5) is 10.7 Å². The average Bonchev–Trinajstić information content (AvgIpc) is 2.83. The number of para-hydroxylation sites is 2. The Bertz CT molecular complexity index is 598. The highest BCUT2D eigenvalue weighted by Gasteiger charge is 2.27. The fraction of sp³-hybridized carbons (Fsp3) is 0.182. The number of nitrogens with two attached hydrogens (primary N) is 1. The van der Waals surface area contributed by atoms with Crippen LogP contribution in [0.1, 0.15) is 10.5 Å². The summed E-state index contributed by atoms with van der Waals surface area (Å²) < 4.78 is 9.17. The Balaban J connectivity index is 2.00. The third-order valence-electron chi connectivity index (χ3n) is 2.69. The van der Waals surface area contributed by atoms with E-state index in [1.54, 1.807) is 4.90 Å². The molecule has 0 saturated carbocycles. The molecule has 0 atom stereocenters. The van der Waals surface area contributed by atoms with Crippen molar-refractivity contribution in [3.8, 4) is 5.75 Å². The second kappa shape index (κ2) is 4.26. The molecule has 2 N–H and O–H groups in total. The first kappa shape index (κ1) is 11.0. The van der Waals surface area contributed by atoms with Gasteiger partial charge < -0.3 is 10.5 Å². The lowest BCUT2D eigenvalue weighted by molar-refractivity contribution is 0.0972. The van der Waals surface area contributed by atoms with Crippen molar-refractivity contribution in [1.29, 1.82) is 0 Å². The van der Waals surface area contributed by atoms with Gasteiger partial charge in [-0.05, 0) is 12.1 Å². The monoisotopic (exact) mass is 262 g/mol. The van der Waals surface area contributed by atoms with Crippen molar-refractivity contribution >= 4 is 28.1 Å². The maximum atomic E-state index is 12.3. The highest BCUT2D eigenvalue weighted by Crippen LogP contribution is 2.32. The van der Waals surface area contributed by atoms with Gasteiger partial charge in [-0.3, -0.25) is 9.69 Å². The topological polar surface area (TPSA) is 81.3 Å². The number of aromatic nitrogens is 2. The lowest BCUT2D eigenvalue weighted by Gasteiger charge is -2.28. The SMILES string of the molecule is Nc1snnc1C(=O)N1CCOc2ccccc21. The molecule has 3 rings (SSSR count). The molecule has 1 aromatic carbocycles. The smallest absolute Gasteiger partial charge is 0.282 e. The van der Waals surface area contributed by atoms with Gasteiger partial charge in [-0.1, -0.05) is 16.6 Å². The van der Waals surface area contributed by atoms with Crippen LogP contribution in [0.25, 0.3) is 0 Å². The maximum Gasteiger partial charge on any atom is 0.282 e. The van der Waals surface area contributed by atoms with Crippen LogP contribution in [0.3, 0.4) is 0 Å². The van der Waals surface area contributed by atoms with E-state index in [1.165, 1.54) is 0 Å². The van der Waals surface area contributed by atoms with E-state index in [2.05, 4.69) is 9.59 Å². The summed E-state index contributed by atoms with van der Waals surface area (Å²) in [4.78, 5) is 14.0. The maximum absolute atomic E-state index is 12.3. The predicted octanol–water partition coefficient (Wildman–Crippen LogP) is 1.16. The second-order valence-electron chi connectivity index (χ2n) is 3.76. The first-order chi connectivity index (χ1) is 8.77. The van der Waals surface area contributed by atoms with E-state index in [-0.39, 0.29) is 11.6 Å². The molecule has 0 saturated heterocycles. The Morgan fingerprint density at radius 2 is 2.28 bits per heavy atom. The summed E-state index contributed by atoms with van der Waals surface area (Å²) in [7, 11) is 0. The van der Waals surface area contributed by atoms with Crippen molar-refractivity contribution in [3.63, 3.8) is 0 Å². The average molecular weight is 262 g/mol. The van der Waals surface area contributed by atoms with Crippen molar-refractivity contribution in [3.05, 3.63) is 30.0 Å². The van der Waals surface area contributed by atoms with Gasteiger partial charge >= 0.3 is 0 Å². The van der Waals surface area contributed by atoms with Gasteiger partial charge in [-0.25, -0.2) is 0 Å². The van der Waals surface area contributed by atoms with Gasteiger partial charge in [0.15, 0.2) is 5.69 Å². The van der Waals surface area contributed by atoms with Crippen LogP contribution in [0, 0.1) is 0 Å². The minimum absolute atomic E-state index is 0.205. The number of benzene rings is 1. The van der Waals surface area contributed by atoms with Crippen LogP contribution in [-0.4, -0.2) is 28.6 Å². The van der Waals surface area contributed by atoms with Crippen molar-refractivity contribution in [2.45, 2.75) is 0 Å². The molecule has 6 nitrogen and oxygen atoms in total. The van der Waals surface area contributed by atoms with Gasteiger partial charge in [0, 0.05) is 11.5 Å². The van der Waals surface area contributed by atoms with E-state index in [1.807, 2.05) is 24.3 Å². The summed E-state index contributed by atoms with van der Waals surface area (Å²) in [5.41, 5.74) is 6.63. The van der Waals surface area contributed by atoms with Crippen molar-refractivity contribution in [1.82, 2.24) is 9.59 Å². The van der Waals surface area contributed by atoms with E-state index >= 15 is 0 Å². The number of fused-ring (bicyclic) bond motifs is 1. The summed E-state index contributed by atoms with van der Waals surface area (Å²) in [6.45, 7) is 0.938. The second-order valence-corrected chi connectivity index (χ2v) is 4.54. The molecule has 2 heterocycles. The van der Waals surface area contributed by atoms with E-state index < -0.39 is 0 Å². The van der Waals surface area contributed by atoms with Crippen LogP contribution in [-0.2, 0) is 0 Å². The summed E-state index contributed by atoms with van der Waals surface area (Å²) in [6.07, 6.45) is 0. The van der Waals surface area contributed by atoms with Gasteiger partial charge in [0.2, 0.25) is 0 Å². The minimum Gasteiger partial charge on any atom is -0.490 e.